The van der Waals surface area contributed by atoms with Crippen LogP contribution in [0, 0.1) is 0 Å². The second kappa shape index (κ2) is 33.2. The lowest BCUT2D eigenvalue weighted by Gasteiger charge is -2.32. The highest BCUT2D eigenvalue weighted by Crippen LogP contribution is 2.39. The fraction of sp³-hybridized carbons (Fsp3) is 0.229. The van der Waals surface area contributed by atoms with Gasteiger partial charge in [0.2, 0.25) is 21.8 Å². The monoisotopic (exact) mass is 1440 g/mol. The first-order valence-electron chi connectivity index (χ1n) is 32.0. The molecule has 17 N–H and O–H groups in total. The van der Waals surface area contributed by atoms with Gasteiger partial charge in [-0.1, -0.05) is 84.4 Å². The molecule has 101 heavy (non-hydrogen) atoms. The minimum Gasteiger partial charge on any atom is -0.399 e. The highest BCUT2D eigenvalue weighted by molar-refractivity contribution is 6.63. The summed E-state index contributed by atoms with van der Waals surface area (Å²) in [7, 11) is -0.369. The molecule has 0 atom stereocenters. The van der Waals surface area contributed by atoms with Crippen LogP contribution < -0.4 is 70.5 Å². The van der Waals surface area contributed by atoms with E-state index in [4.69, 9.17) is 84.4 Å². The van der Waals surface area contributed by atoms with Crippen molar-refractivity contribution in [3.63, 3.8) is 0 Å². The van der Waals surface area contributed by atoms with E-state index in [2.05, 4.69) is 88.4 Å². The molecule has 0 saturated carbocycles. The van der Waals surface area contributed by atoms with Crippen molar-refractivity contribution in [2.45, 2.75) is 76.8 Å². The van der Waals surface area contributed by atoms with Gasteiger partial charge in [0.05, 0.1) is 82.3 Å². The number of fused-ring (bicyclic) bond motifs is 6. The number of para-hydroxylation sites is 4. The number of nitrogen functional groups attached to an aromatic ring is 5. The molecular weight excluding hydrogens is 1370 g/mol. The third kappa shape index (κ3) is 19.4. The molecule has 26 nitrogen and oxygen atoms in total. The lowest BCUT2D eigenvalue weighted by molar-refractivity contribution is 0.00578. The molecular formula is C70H75BCl4N20O6. The highest BCUT2D eigenvalue weighted by Gasteiger charge is 2.52. The zero-order valence-electron chi connectivity index (χ0n) is 55.5. The number of hydrogen-bond donors (Lipinski definition) is 12. The molecule has 0 radical (unpaired) electrons. The minimum absolute atomic E-state index is 0.106. The highest BCUT2D eigenvalue weighted by atomic mass is 35.5. The van der Waals surface area contributed by atoms with E-state index in [0.717, 1.165) is 91.1 Å². The molecule has 5 aliphatic heterocycles. The van der Waals surface area contributed by atoms with Crippen LogP contribution in [0.15, 0.2) is 170 Å². The maximum atomic E-state index is 12.1. The number of anilines is 13. The van der Waals surface area contributed by atoms with Crippen LogP contribution in [0.2, 0.25) is 21.0 Å². The van der Waals surface area contributed by atoms with Gasteiger partial charge in [-0.15, -0.1) is 0 Å². The number of urea groups is 2. The van der Waals surface area contributed by atoms with Crippen LogP contribution in [0.25, 0.3) is 33.8 Å². The molecule has 4 amide bonds. The number of hydrogen-bond acceptors (Lipinski definition) is 22. The predicted molar refractivity (Wildman–Crippen MR) is 405 cm³/mol. The number of nitrogens with two attached hydrogens (primary N) is 5. The number of nitrogens with one attached hydrogen (secondary N) is 5. The minimum atomic E-state index is -0.369. The van der Waals surface area contributed by atoms with E-state index in [1.165, 1.54) is 24.3 Å². The van der Waals surface area contributed by atoms with Crippen molar-refractivity contribution in [3.05, 3.63) is 191 Å². The molecule has 0 aliphatic carbocycles. The Balaban J connectivity index is 0.000000136. The Kier molecular flexibility index (Phi) is 24.1. The zero-order valence-corrected chi connectivity index (χ0v) is 58.5. The molecule has 6 aromatic carbocycles. The summed E-state index contributed by atoms with van der Waals surface area (Å²) < 4.78 is 11.9. The average Bonchev–Trinajstić information content (AvgIpc) is 1.73. The van der Waals surface area contributed by atoms with Crippen molar-refractivity contribution in [1.29, 1.82) is 0 Å². The molecule has 0 bridgehead atoms. The summed E-state index contributed by atoms with van der Waals surface area (Å²) in [6.45, 7) is 11.7. The van der Waals surface area contributed by atoms with Crippen molar-refractivity contribution < 1.29 is 29.1 Å². The maximum absolute atomic E-state index is 12.1. The van der Waals surface area contributed by atoms with E-state index in [9.17, 15) is 19.8 Å². The van der Waals surface area contributed by atoms with Crippen molar-refractivity contribution in [3.8, 4) is 33.8 Å². The van der Waals surface area contributed by atoms with Gasteiger partial charge < -0.3 is 84.6 Å². The Morgan fingerprint density at radius 2 is 0.881 bits per heavy atom. The Morgan fingerprint density at radius 3 is 1.39 bits per heavy atom. The number of amides is 4. The number of carbonyl (C=O) groups excluding carboxylic acids is 2. The zero-order chi connectivity index (χ0) is 72.0. The van der Waals surface area contributed by atoms with Crippen molar-refractivity contribution >= 4 is 145 Å². The van der Waals surface area contributed by atoms with Gasteiger partial charge >= 0.3 is 19.2 Å². The third-order valence-corrected chi connectivity index (χ3v) is 17.7. The lowest BCUT2D eigenvalue weighted by Crippen LogP contribution is -2.41. The number of nitrogens with zero attached hydrogens (tertiary/aromatic N) is 10. The molecule has 4 aromatic heterocycles. The molecule has 3 fully saturated rings. The summed E-state index contributed by atoms with van der Waals surface area (Å²) in [5, 5.41) is 33.9. The van der Waals surface area contributed by atoms with Crippen LogP contribution >= 0.6 is 46.4 Å². The van der Waals surface area contributed by atoms with E-state index in [1.54, 1.807) is 18.3 Å². The fourth-order valence-electron chi connectivity index (χ4n) is 10.7. The Hall–Kier alpha value is -10.4. The van der Waals surface area contributed by atoms with Crippen molar-refractivity contribution in [1.82, 2.24) is 39.9 Å². The number of aromatic nitrogens is 8. The third-order valence-electron chi connectivity index (χ3n) is 16.8. The lowest BCUT2D eigenvalue weighted by atomic mass is 9.78. The van der Waals surface area contributed by atoms with E-state index >= 15 is 0 Å². The number of aliphatic hydroxyl groups excluding tert-OH is 2. The number of carbonyl (C=O) groups is 2. The molecule has 0 unspecified atom stereocenters. The average molecular weight is 1450 g/mol. The van der Waals surface area contributed by atoms with E-state index in [1.807, 2.05) is 149 Å². The van der Waals surface area contributed by atoms with Crippen molar-refractivity contribution in [2.24, 2.45) is 0 Å². The summed E-state index contributed by atoms with van der Waals surface area (Å²) in [4.78, 5) is 60.2. The van der Waals surface area contributed by atoms with Crippen LogP contribution in [0.1, 0.15) is 53.4 Å². The molecule has 15 rings (SSSR count). The van der Waals surface area contributed by atoms with Gasteiger partial charge in [0.25, 0.3) is 0 Å². The summed E-state index contributed by atoms with van der Waals surface area (Å²) in [5.74, 6) is 0.452. The van der Waals surface area contributed by atoms with Gasteiger partial charge in [0.15, 0.2) is 5.15 Å². The van der Waals surface area contributed by atoms with Gasteiger partial charge in [-0.2, -0.15) is 0 Å². The molecule has 10 aromatic rings. The van der Waals surface area contributed by atoms with Gasteiger partial charge in [0, 0.05) is 82.5 Å². The SMILES string of the molecule is CC1(C)OB(c2ccccc2N)OC1(C)C.Nc1ccc(N2CCC(O)CC2)cc1.Nc1ccccc1-c1nc(Cl)ncc1N.Nc1cnc(Cl)nc1Cl.O=C1Nc2ccccc2-c2nc(Cl)ncc2N1.O=C1Nc2ccccc2-c2nc(Nc3ccc(N4CCC(O)CC4)cc3)ncc2N1. The van der Waals surface area contributed by atoms with E-state index < -0.39 is 0 Å². The molecule has 5 aliphatic rings. The van der Waals surface area contributed by atoms with Gasteiger partial charge in [-0.05, 0) is 161 Å². The van der Waals surface area contributed by atoms with Crippen LogP contribution in [-0.2, 0) is 9.31 Å². The first kappa shape index (κ1) is 73.4. The van der Waals surface area contributed by atoms with Crippen LogP contribution in [0.5, 0.6) is 0 Å². The number of aliphatic hydroxyl groups is 2. The van der Waals surface area contributed by atoms with Crippen LogP contribution in [-0.4, -0.2) is 119 Å². The topological polar surface area (TPSA) is 393 Å². The molecule has 0 spiro atoms. The summed E-state index contributed by atoms with van der Waals surface area (Å²) in [6.07, 6.45) is 8.97. The maximum Gasteiger partial charge on any atom is 0.496 e. The van der Waals surface area contributed by atoms with E-state index in [-0.39, 0.29) is 63.6 Å². The molecule has 3 saturated heterocycles. The second-order valence-corrected chi connectivity index (χ2v) is 25.8. The molecule has 31 heteroatoms. The van der Waals surface area contributed by atoms with Crippen LogP contribution in [0.3, 0.4) is 0 Å². The normalized spacial score (nSPS) is 15.4. The Bertz CT molecular complexity index is 4500. The standard InChI is InChI=1S/C22H22N6O2.C12H18BNO2.C11H7ClN4O.C11H16N2O.C10H9ClN4.C4H3Cl2N3/c29-16-9-11-28(12-10-16)15-7-5-14(6-8-15)24-21-23-13-19-20(27-21)17-3-1-2-4-18(17)25-22(30)26-19;1-11(2)12(3,4)16-13(15-11)9-7-5-6-8-10(9)14;12-10-13-5-8-9(16-10)6-3-1-2-4-7(6)14-11(17)15-8;12-9-1-3-10(4-2-9)13-7-5-11(14)6-8-13;11-10-14-5-8(13)9(15-10)6-3-1-2-4-7(6)12;5-3-2(7)1-8-4(6)9-3/h1-8,13,16,29H,9-12H2,(H,23,24,27)(H2,25,26,30);5-8H,14H2,1-4H3;1-5H,(H2,14,15,17);1-4,11,14H,5-8,12H2;1-5H,12-13H2;1H,7H2. The number of piperidine rings is 2. The van der Waals surface area contributed by atoms with Gasteiger partial charge in [-0.25, -0.2) is 49.5 Å². The largest absolute Gasteiger partial charge is 0.496 e. The summed E-state index contributed by atoms with van der Waals surface area (Å²) in [5.41, 5.74) is 41.5. The predicted octanol–water partition coefficient (Wildman–Crippen LogP) is 12.7. The smallest absolute Gasteiger partial charge is 0.399 e. The van der Waals surface area contributed by atoms with Crippen molar-refractivity contribution in [2.75, 3.05) is 91.2 Å². The van der Waals surface area contributed by atoms with Crippen LogP contribution in [0.4, 0.5) is 83.8 Å². The molecule has 522 valence electrons. The summed E-state index contributed by atoms with van der Waals surface area (Å²) in [6, 6.07) is 45.3. The number of halogens is 4. The first-order valence-corrected chi connectivity index (χ1v) is 33.5. The Morgan fingerprint density at radius 1 is 0.465 bits per heavy atom. The first-order chi connectivity index (χ1) is 48.4. The number of rotatable bonds is 6. The van der Waals surface area contributed by atoms with Gasteiger partial charge in [0.1, 0.15) is 17.1 Å². The molecule has 9 heterocycles. The summed E-state index contributed by atoms with van der Waals surface area (Å²) >= 11 is 22.3. The fourth-order valence-corrected chi connectivity index (χ4v) is 11.3. The number of benzene rings is 6. The van der Waals surface area contributed by atoms with E-state index in [0.29, 0.717) is 68.5 Å². The second-order valence-electron chi connectivity index (χ2n) is 24.4. The quantitative estimate of drug-likeness (QED) is 0.0318. The Labute approximate surface area is 603 Å². The van der Waals surface area contributed by atoms with Gasteiger partial charge in [-0.3, -0.25) is 0 Å².